The Morgan fingerprint density at radius 2 is 1.60 bits per heavy atom. The van der Waals surface area contributed by atoms with E-state index in [0.29, 0.717) is 11.1 Å². The molecule has 0 radical (unpaired) electrons. The summed E-state index contributed by atoms with van der Waals surface area (Å²) in [4.78, 5) is 38.3. The van der Waals surface area contributed by atoms with Gasteiger partial charge in [0.2, 0.25) is 11.8 Å². The van der Waals surface area contributed by atoms with Gasteiger partial charge in [0, 0.05) is 6.42 Å². The first-order valence-electron chi connectivity index (χ1n) is 11.2. The number of nitrogens with one attached hydrogen (secondary N) is 2. The third kappa shape index (κ3) is 5.47. The molecule has 2 aliphatic rings. The van der Waals surface area contributed by atoms with E-state index in [-0.39, 0.29) is 38.7 Å². The van der Waals surface area contributed by atoms with E-state index in [1.807, 2.05) is 5.32 Å². The van der Waals surface area contributed by atoms with Crippen molar-refractivity contribution in [3.63, 3.8) is 0 Å². The molecule has 2 atom stereocenters. The number of ether oxygens (including phenoxy) is 1. The predicted octanol–water partition coefficient (Wildman–Crippen LogP) is 3.59. The smallest absolute Gasteiger partial charge is 0.411 e. The van der Waals surface area contributed by atoms with Crippen molar-refractivity contribution in [2.75, 3.05) is 0 Å². The lowest BCUT2D eigenvalue weighted by Crippen LogP contribution is -2.52. The molecule has 2 amide bonds. The Bertz CT molecular complexity index is 1100. The number of hydrogen-bond donors (Lipinski definition) is 2. The quantitative estimate of drug-likeness (QED) is 0.414. The fourth-order valence-electron chi connectivity index (χ4n) is 3.99. The molecule has 0 bridgehead atoms. The van der Waals surface area contributed by atoms with Gasteiger partial charge in [-0.25, -0.2) is 9.18 Å². The number of hydrogen-bond acceptors (Lipinski definition) is 4. The van der Waals surface area contributed by atoms with Crippen LogP contribution in [0.1, 0.15) is 36.8 Å². The molecule has 4 rings (SSSR count). The van der Waals surface area contributed by atoms with Gasteiger partial charge in [-0.15, -0.1) is 0 Å². The molecule has 6 nitrogen and oxygen atoms in total. The molecule has 0 aliphatic heterocycles. The van der Waals surface area contributed by atoms with Crippen LogP contribution in [0.15, 0.2) is 54.6 Å². The highest BCUT2D eigenvalue weighted by Gasteiger charge is 2.70. The van der Waals surface area contributed by atoms with Crippen molar-refractivity contribution in [2.45, 2.75) is 56.0 Å². The SMILES string of the molecule is O=C(CCc1ccc(F)cc1)N[C@]1(C(=O)OCc2ccccc2)CC1C(=O)NC1(C(F)(F)F)CC1. The number of alkyl halides is 3. The average Bonchev–Trinajstić information content (AvgIpc) is 3.73. The molecule has 186 valence electrons. The van der Waals surface area contributed by atoms with E-state index in [1.54, 1.807) is 30.3 Å². The van der Waals surface area contributed by atoms with Gasteiger partial charge < -0.3 is 15.4 Å². The van der Waals surface area contributed by atoms with Crippen LogP contribution in [0.4, 0.5) is 17.6 Å². The summed E-state index contributed by atoms with van der Waals surface area (Å²) in [5, 5.41) is 4.56. The lowest BCUT2D eigenvalue weighted by molar-refractivity contribution is -0.171. The molecule has 2 saturated carbocycles. The highest BCUT2D eigenvalue weighted by Crippen LogP contribution is 2.51. The molecule has 0 heterocycles. The summed E-state index contributed by atoms with van der Waals surface area (Å²) in [5.74, 6) is -4.00. The summed E-state index contributed by atoms with van der Waals surface area (Å²) in [6.07, 6.45) is -5.06. The normalized spacial score (nSPS) is 22.1. The number of rotatable bonds is 9. The highest BCUT2D eigenvalue weighted by atomic mass is 19.4. The summed E-state index contributed by atoms with van der Waals surface area (Å²) >= 11 is 0. The van der Waals surface area contributed by atoms with Gasteiger partial charge in [0.1, 0.15) is 18.0 Å². The highest BCUT2D eigenvalue weighted by molar-refractivity contribution is 6.00. The molecule has 2 N–H and O–H groups in total. The summed E-state index contributed by atoms with van der Waals surface area (Å²) in [6.45, 7) is -0.117. The zero-order valence-electron chi connectivity index (χ0n) is 18.7. The third-order valence-electron chi connectivity index (χ3n) is 6.43. The Morgan fingerprint density at radius 3 is 2.20 bits per heavy atom. The Morgan fingerprint density at radius 1 is 0.943 bits per heavy atom. The van der Waals surface area contributed by atoms with Crippen LogP contribution < -0.4 is 10.6 Å². The van der Waals surface area contributed by atoms with Crippen molar-refractivity contribution >= 4 is 17.8 Å². The van der Waals surface area contributed by atoms with E-state index in [1.165, 1.54) is 24.3 Å². The summed E-state index contributed by atoms with van der Waals surface area (Å²) in [7, 11) is 0. The van der Waals surface area contributed by atoms with Crippen LogP contribution in [-0.4, -0.2) is 35.0 Å². The fourth-order valence-corrected chi connectivity index (χ4v) is 3.99. The number of benzene rings is 2. The molecule has 2 fully saturated rings. The van der Waals surface area contributed by atoms with Crippen molar-refractivity contribution in [2.24, 2.45) is 5.92 Å². The number of esters is 1. The summed E-state index contributed by atoms with van der Waals surface area (Å²) in [5.41, 5.74) is -2.65. The summed E-state index contributed by atoms with van der Waals surface area (Å²) in [6, 6.07) is 14.3. The molecular weight excluding hydrogens is 468 g/mol. The Labute approximate surface area is 199 Å². The number of carbonyl (C=O) groups excluding carboxylic acids is 3. The van der Waals surface area contributed by atoms with E-state index < -0.39 is 46.8 Å². The second-order valence-electron chi connectivity index (χ2n) is 9.03. The van der Waals surface area contributed by atoms with E-state index >= 15 is 0 Å². The van der Waals surface area contributed by atoms with Gasteiger partial charge in [0.15, 0.2) is 5.54 Å². The maximum absolute atomic E-state index is 13.3. The first-order chi connectivity index (χ1) is 16.5. The number of amides is 2. The van der Waals surface area contributed by atoms with Crippen LogP contribution in [0.5, 0.6) is 0 Å². The molecule has 0 saturated heterocycles. The number of carbonyl (C=O) groups is 3. The van der Waals surface area contributed by atoms with Crippen LogP contribution in [0.3, 0.4) is 0 Å². The van der Waals surface area contributed by atoms with Gasteiger partial charge in [-0.3, -0.25) is 9.59 Å². The molecule has 35 heavy (non-hydrogen) atoms. The Balaban J connectivity index is 1.43. The van der Waals surface area contributed by atoms with Crippen LogP contribution in [-0.2, 0) is 32.1 Å². The number of aryl methyl sites for hydroxylation is 1. The molecule has 2 aromatic carbocycles. The first-order valence-corrected chi connectivity index (χ1v) is 11.2. The van der Waals surface area contributed by atoms with Gasteiger partial charge in [-0.2, -0.15) is 13.2 Å². The monoisotopic (exact) mass is 492 g/mol. The number of halogens is 4. The fraction of sp³-hybridized carbons (Fsp3) is 0.400. The van der Waals surface area contributed by atoms with E-state index in [0.717, 1.165) is 0 Å². The van der Waals surface area contributed by atoms with Crippen molar-refractivity contribution in [1.29, 1.82) is 0 Å². The van der Waals surface area contributed by atoms with Crippen molar-refractivity contribution < 1.29 is 36.7 Å². The zero-order chi connectivity index (χ0) is 25.3. The third-order valence-corrected chi connectivity index (χ3v) is 6.43. The maximum atomic E-state index is 13.3. The molecular formula is C25H24F4N2O4. The van der Waals surface area contributed by atoms with Gasteiger partial charge >= 0.3 is 12.1 Å². The molecule has 2 aromatic rings. The van der Waals surface area contributed by atoms with E-state index in [2.05, 4.69) is 5.32 Å². The van der Waals surface area contributed by atoms with E-state index in [9.17, 15) is 31.9 Å². The minimum atomic E-state index is -4.60. The van der Waals surface area contributed by atoms with Crippen LogP contribution in [0.25, 0.3) is 0 Å². The molecule has 0 aromatic heterocycles. The molecule has 10 heteroatoms. The Hall–Kier alpha value is -3.43. The predicted molar refractivity (Wildman–Crippen MR) is 116 cm³/mol. The van der Waals surface area contributed by atoms with Crippen LogP contribution >= 0.6 is 0 Å². The van der Waals surface area contributed by atoms with Crippen molar-refractivity contribution in [1.82, 2.24) is 10.6 Å². The van der Waals surface area contributed by atoms with Crippen molar-refractivity contribution in [3.8, 4) is 0 Å². The topological polar surface area (TPSA) is 84.5 Å². The van der Waals surface area contributed by atoms with Crippen LogP contribution in [0.2, 0.25) is 0 Å². The summed E-state index contributed by atoms with van der Waals surface area (Å²) < 4.78 is 58.3. The first kappa shape index (κ1) is 24.7. The Kier molecular flexibility index (Phi) is 6.57. The second kappa shape index (κ2) is 9.31. The minimum Gasteiger partial charge on any atom is -0.459 e. The average molecular weight is 492 g/mol. The van der Waals surface area contributed by atoms with Gasteiger partial charge in [-0.1, -0.05) is 42.5 Å². The van der Waals surface area contributed by atoms with E-state index in [4.69, 9.17) is 4.74 Å². The lowest BCUT2D eigenvalue weighted by atomic mass is 10.1. The van der Waals surface area contributed by atoms with Gasteiger partial charge in [0.25, 0.3) is 0 Å². The largest absolute Gasteiger partial charge is 0.459 e. The maximum Gasteiger partial charge on any atom is 0.411 e. The van der Waals surface area contributed by atoms with Gasteiger partial charge in [-0.05, 0) is 48.9 Å². The lowest BCUT2D eigenvalue weighted by Gasteiger charge is -2.22. The zero-order valence-corrected chi connectivity index (χ0v) is 18.7. The molecule has 1 unspecified atom stereocenters. The second-order valence-corrected chi connectivity index (χ2v) is 9.03. The standard InChI is InChI=1S/C25H24F4N2O4/c26-18-9-6-16(7-10-18)8-11-20(32)30-24(22(34)35-15-17-4-2-1-3-5-17)14-19(24)21(33)31-23(12-13-23)25(27,28)29/h1-7,9-10,19H,8,11-15H2,(H,30,32)(H,31,33)/t19?,24-/m1/s1. The van der Waals surface area contributed by atoms with Crippen LogP contribution in [0, 0.1) is 11.7 Å². The van der Waals surface area contributed by atoms with Gasteiger partial charge in [0.05, 0.1) is 5.92 Å². The molecule has 0 spiro atoms. The molecule has 2 aliphatic carbocycles. The van der Waals surface area contributed by atoms with Crippen molar-refractivity contribution in [3.05, 3.63) is 71.5 Å². The minimum absolute atomic E-state index is 0.0693.